The van der Waals surface area contributed by atoms with Crippen LogP contribution in [0.2, 0.25) is 0 Å². The minimum absolute atomic E-state index is 0.155. The smallest absolute Gasteiger partial charge is 0.276 e. The summed E-state index contributed by atoms with van der Waals surface area (Å²) in [5.74, 6) is -0.155. The van der Waals surface area contributed by atoms with Gasteiger partial charge in [-0.25, -0.2) is 0 Å². The zero-order valence-corrected chi connectivity index (χ0v) is 12.1. The third-order valence-corrected chi connectivity index (χ3v) is 3.33. The van der Waals surface area contributed by atoms with E-state index in [1.54, 1.807) is 30.3 Å². The second-order valence-corrected chi connectivity index (χ2v) is 5.01. The first-order valence-electron chi connectivity index (χ1n) is 5.80. The lowest BCUT2D eigenvalue weighted by Gasteiger charge is -2.17. The van der Waals surface area contributed by atoms with Gasteiger partial charge in [0.05, 0.1) is 0 Å². The van der Waals surface area contributed by atoms with Crippen LogP contribution < -0.4 is 10.6 Å². The lowest BCUT2D eigenvalue weighted by molar-refractivity contribution is 0.0988. The number of hydrogen-bond donors (Lipinski definition) is 1. The molecule has 0 aliphatic rings. The van der Waals surface area contributed by atoms with E-state index in [-0.39, 0.29) is 5.91 Å². The molecule has 0 aliphatic heterocycles. The van der Waals surface area contributed by atoms with Crippen molar-refractivity contribution in [1.82, 2.24) is 4.98 Å². The Labute approximate surface area is 120 Å². The molecule has 0 bridgehead atoms. The molecule has 0 fully saturated rings. The maximum absolute atomic E-state index is 12.3. The lowest BCUT2D eigenvalue weighted by Crippen LogP contribution is -2.27. The highest BCUT2D eigenvalue weighted by Crippen LogP contribution is 2.18. The van der Waals surface area contributed by atoms with Gasteiger partial charge in [0.2, 0.25) is 0 Å². The SMILES string of the molecule is CN(C(=O)c1cc(CN)ccn1)c1ccc(Br)cc1. The Hall–Kier alpha value is -1.72. The summed E-state index contributed by atoms with van der Waals surface area (Å²) in [6, 6.07) is 11.0. The molecule has 2 rings (SSSR count). The second kappa shape index (κ2) is 5.95. The van der Waals surface area contributed by atoms with E-state index in [4.69, 9.17) is 5.73 Å². The first-order valence-corrected chi connectivity index (χ1v) is 6.59. The lowest BCUT2D eigenvalue weighted by atomic mass is 10.2. The molecular formula is C14H14BrN3O. The molecule has 0 spiro atoms. The van der Waals surface area contributed by atoms with Crippen LogP contribution >= 0.6 is 15.9 Å². The van der Waals surface area contributed by atoms with E-state index in [9.17, 15) is 4.79 Å². The van der Waals surface area contributed by atoms with Gasteiger partial charge in [-0.05, 0) is 42.0 Å². The van der Waals surface area contributed by atoms with E-state index in [0.29, 0.717) is 12.2 Å². The van der Waals surface area contributed by atoms with E-state index in [2.05, 4.69) is 20.9 Å². The van der Waals surface area contributed by atoms with E-state index < -0.39 is 0 Å². The van der Waals surface area contributed by atoms with Crippen LogP contribution in [0.15, 0.2) is 47.1 Å². The van der Waals surface area contributed by atoms with Crippen molar-refractivity contribution in [3.05, 3.63) is 58.3 Å². The Bertz CT molecular complexity index is 583. The predicted molar refractivity (Wildman–Crippen MR) is 79.0 cm³/mol. The molecule has 0 radical (unpaired) electrons. The zero-order valence-electron chi connectivity index (χ0n) is 10.5. The minimum atomic E-state index is -0.155. The number of amides is 1. The number of carbonyl (C=O) groups excluding carboxylic acids is 1. The molecular weight excluding hydrogens is 306 g/mol. The summed E-state index contributed by atoms with van der Waals surface area (Å²) in [5, 5.41) is 0. The Kier molecular flexibility index (Phi) is 4.29. The summed E-state index contributed by atoms with van der Waals surface area (Å²) in [7, 11) is 1.72. The number of nitrogens with zero attached hydrogens (tertiary/aromatic N) is 2. The van der Waals surface area contributed by atoms with Gasteiger partial charge in [-0.15, -0.1) is 0 Å². The predicted octanol–water partition coefficient (Wildman–Crippen LogP) is 2.58. The summed E-state index contributed by atoms with van der Waals surface area (Å²) >= 11 is 3.37. The second-order valence-electron chi connectivity index (χ2n) is 4.09. The summed E-state index contributed by atoms with van der Waals surface area (Å²) < 4.78 is 0.973. The highest BCUT2D eigenvalue weighted by atomic mass is 79.9. The molecule has 2 aromatic rings. The fraction of sp³-hybridized carbons (Fsp3) is 0.143. The number of carbonyl (C=O) groups is 1. The van der Waals surface area contributed by atoms with Crippen LogP contribution in [0, 0.1) is 0 Å². The number of nitrogens with two attached hydrogens (primary N) is 1. The summed E-state index contributed by atoms with van der Waals surface area (Å²) in [6.07, 6.45) is 1.60. The van der Waals surface area contributed by atoms with Gasteiger partial charge in [0, 0.05) is 29.9 Å². The highest BCUT2D eigenvalue weighted by Gasteiger charge is 2.14. The standard InChI is InChI=1S/C14H14BrN3O/c1-18(12-4-2-11(15)3-5-12)14(19)13-8-10(9-16)6-7-17-13/h2-8H,9,16H2,1H3. The Morgan fingerprint density at radius 1 is 1.32 bits per heavy atom. The molecule has 5 heteroatoms. The van der Waals surface area contributed by atoms with Gasteiger partial charge in [-0.2, -0.15) is 0 Å². The normalized spacial score (nSPS) is 10.3. The average Bonchev–Trinajstić information content (AvgIpc) is 2.46. The van der Waals surface area contributed by atoms with Gasteiger partial charge in [0.15, 0.2) is 0 Å². The van der Waals surface area contributed by atoms with Gasteiger partial charge in [-0.1, -0.05) is 15.9 Å². The molecule has 19 heavy (non-hydrogen) atoms. The number of pyridine rings is 1. The van der Waals surface area contributed by atoms with Gasteiger partial charge in [-0.3, -0.25) is 9.78 Å². The first kappa shape index (κ1) is 13.7. The summed E-state index contributed by atoms with van der Waals surface area (Å²) in [6.45, 7) is 0.394. The number of anilines is 1. The largest absolute Gasteiger partial charge is 0.326 e. The highest BCUT2D eigenvalue weighted by molar-refractivity contribution is 9.10. The van der Waals surface area contributed by atoms with E-state index in [1.807, 2.05) is 24.3 Å². The van der Waals surface area contributed by atoms with Crippen molar-refractivity contribution in [2.75, 3.05) is 11.9 Å². The number of hydrogen-bond acceptors (Lipinski definition) is 3. The molecule has 4 nitrogen and oxygen atoms in total. The van der Waals surface area contributed by atoms with Crippen LogP contribution in [0.1, 0.15) is 16.1 Å². The number of benzene rings is 1. The van der Waals surface area contributed by atoms with Crippen LogP contribution in [0.25, 0.3) is 0 Å². The van der Waals surface area contributed by atoms with Gasteiger partial charge >= 0.3 is 0 Å². The van der Waals surface area contributed by atoms with Gasteiger partial charge < -0.3 is 10.6 Å². The number of halogens is 1. The van der Waals surface area contributed by atoms with Gasteiger partial charge in [0.25, 0.3) is 5.91 Å². The topological polar surface area (TPSA) is 59.2 Å². The molecule has 1 amide bonds. The molecule has 0 atom stereocenters. The van der Waals surface area contributed by atoms with Crippen molar-refractivity contribution in [2.24, 2.45) is 5.73 Å². The van der Waals surface area contributed by atoms with Crippen molar-refractivity contribution in [2.45, 2.75) is 6.54 Å². The van der Waals surface area contributed by atoms with E-state index >= 15 is 0 Å². The molecule has 1 aromatic heterocycles. The third kappa shape index (κ3) is 3.19. The minimum Gasteiger partial charge on any atom is -0.326 e. The van der Waals surface area contributed by atoms with Crippen molar-refractivity contribution < 1.29 is 4.79 Å². The Morgan fingerprint density at radius 3 is 2.63 bits per heavy atom. The Morgan fingerprint density at radius 2 is 2.00 bits per heavy atom. The zero-order chi connectivity index (χ0) is 13.8. The summed E-state index contributed by atoms with van der Waals surface area (Å²) in [5.41, 5.74) is 7.67. The van der Waals surface area contributed by atoms with E-state index in [0.717, 1.165) is 15.7 Å². The fourth-order valence-electron chi connectivity index (χ4n) is 1.67. The molecule has 0 saturated carbocycles. The van der Waals surface area contributed by atoms with Crippen LogP contribution in [0.5, 0.6) is 0 Å². The van der Waals surface area contributed by atoms with Crippen molar-refractivity contribution in [3.63, 3.8) is 0 Å². The third-order valence-electron chi connectivity index (χ3n) is 2.80. The molecule has 98 valence electrons. The van der Waals surface area contributed by atoms with Crippen LogP contribution in [-0.4, -0.2) is 17.9 Å². The molecule has 0 saturated heterocycles. The monoisotopic (exact) mass is 319 g/mol. The van der Waals surface area contributed by atoms with Crippen LogP contribution in [-0.2, 0) is 6.54 Å². The number of aromatic nitrogens is 1. The van der Waals surface area contributed by atoms with Crippen LogP contribution in [0.3, 0.4) is 0 Å². The average molecular weight is 320 g/mol. The molecule has 1 heterocycles. The fourth-order valence-corrected chi connectivity index (χ4v) is 1.94. The Balaban J connectivity index is 2.25. The van der Waals surface area contributed by atoms with Crippen molar-refractivity contribution in [1.29, 1.82) is 0 Å². The molecule has 0 aliphatic carbocycles. The maximum Gasteiger partial charge on any atom is 0.276 e. The van der Waals surface area contributed by atoms with E-state index in [1.165, 1.54) is 0 Å². The number of rotatable bonds is 3. The van der Waals surface area contributed by atoms with Crippen molar-refractivity contribution >= 4 is 27.5 Å². The van der Waals surface area contributed by atoms with Gasteiger partial charge in [0.1, 0.15) is 5.69 Å². The molecule has 1 aromatic carbocycles. The molecule has 2 N–H and O–H groups in total. The van der Waals surface area contributed by atoms with Crippen LogP contribution in [0.4, 0.5) is 5.69 Å². The maximum atomic E-state index is 12.3. The van der Waals surface area contributed by atoms with Crippen molar-refractivity contribution in [3.8, 4) is 0 Å². The first-order chi connectivity index (χ1) is 9.11. The quantitative estimate of drug-likeness (QED) is 0.945. The summed E-state index contributed by atoms with van der Waals surface area (Å²) in [4.78, 5) is 18.0. The molecule has 0 unspecified atom stereocenters.